The van der Waals surface area contributed by atoms with Crippen molar-refractivity contribution in [1.82, 2.24) is 4.37 Å². The van der Waals surface area contributed by atoms with Crippen molar-refractivity contribution in [2.45, 2.75) is 31.5 Å². The number of ether oxygens (including phenoxy) is 2. The second kappa shape index (κ2) is 5.27. The van der Waals surface area contributed by atoms with Gasteiger partial charge in [-0.15, -0.1) is 0 Å². The van der Waals surface area contributed by atoms with Crippen LogP contribution in [0.5, 0.6) is 5.88 Å². The van der Waals surface area contributed by atoms with Crippen LogP contribution in [0.3, 0.4) is 0 Å². The van der Waals surface area contributed by atoms with Gasteiger partial charge in [0.05, 0.1) is 24.2 Å². The number of nitrogens with zero attached hydrogens (tertiary/aromatic N) is 1. The molecule has 1 aromatic rings. The molecule has 0 amide bonds. The Balaban J connectivity index is 2.03. The number of halogens is 1. The van der Waals surface area contributed by atoms with Crippen LogP contribution in [0.4, 0.5) is 0 Å². The summed E-state index contributed by atoms with van der Waals surface area (Å²) in [5.41, 5.74) is 0. The Morgan fingerprint density at radius 2 is 2.53 bits per heavy atom. The Kier molecular flexibility index (Phi) is 3.99. The van der Waals surface area contributed by atoms with E-state index in [2.05, 4.69) is 20.3 Å². The van der Waals surface area contributed by atoms with Crippen molar-refractivity contribution >= 4 is 27.5 Å². The van der Waals surface area contributed by atoms with Crippen LogP contribution in [-0.4, -0.2) is 22.9 Å². The molecule has 2 rings (SSSR count). The Labute approximate surface area is 102 Å². The minimum Gasteiger partial charge on any atom is -0.480 e. The average molecular weight is 292 g/mol. The monoisotopic (exact) mass is 291 g/mol. The molecule has 2 atom stereocenters. The molecule has 0 N–H and O–H groups in total. The standard InChI is InChI=1S/C10H14BrNO2S/c1-13-10-5-9(15-12-10)8-4-2-3-7(6-11)14-8/h5,7-8H,2-4,6H2,1H3. The summed E-state index contributed by atoms with van der Waals surface area (Å²) in [5.74, 6) is 0.694. The van der Waals surface area contributed by atoms with Gasteiger partial charge < -0.3 is 9.47 Å². The van der Waals surface area contributed by atoms with Crippen LogP contribution in [-0.2, 0) is 4.74 Å². The van der Waals surface area contributed by atoms with Gasteiger partial charge in [-0.05, 0) is 30.8 Å². The van der Waals surface area contributed by atoms with Gasteiger partial charge in [0, 0.05) is 11.4 Å². The van der Waals surface area contributed by atoms with E-state index in [1.54, 1.807) is 7.11 Å². The molecule has 0 radical (unpaired) electrons. The Hall–Kier alpha value is -0.130. The average Bonchev–Trinajstić information content (AvgIpc) is 2.78. The SMILES string of the molecule is COc1cc(C2CCCC(CBr)O2)sn1. The molecule has 5 heteroatoms. The first-order chi connectivity index (χ1) is 7.33. The lowest BCUT2D eigenvalue weighted by atomic mass is 10.0. The molecule has 1 saturated heterocycles. The maximum absolute atomic E-state index is 5.95. The van der Waals surface area contributed by atoms with Crippen molar-refractivity contribution in [3.63, 3.8) is 0 Å². The summed E-state index contributed by atoms with van der Waals surface area (Å²) in [7, 11) is 1.64. The third-order valence-electron chi connectivity index (χ3n) is 2.55. The lowest BCUT2D eigenvalue weighted by Crippen LogP contribution is -2.22. The highest BCUT2D eigenvalue weighted by molar-refractivity contribution is 9.09. The second-order valence-electron chi connectivity index (χ2n) is 3.60. The lowest BCUT2D eigenvalue weighted by molar-refractivity contribution is -0.0365. The number of rotatable bonds is 3. The molecule has 15 heavy (non-hydrogen) atoms. The maximum atomic E-state index is 5.95. The van der Waals surface area contributed by atoms with E-state index in [0.717, 1.165) is 18.2 Å². The fraction of sp³-hybridized carbons (Fsp3) is 0.700. The largest absolute Gasteiger partial charge is 0.480 e. The lowest BCUT2D eigenvalue weighted by Gasteiger charge is -2.27. The van der Waals surface area contributed by atoms with E-state index in [-0.39, 0.29) is 6.10 Å². The molecule has 0 aromatic carbocycles. The zero-order chi connectivity index (χ0) is 10.7. The van der Waals surface area contributed by atoms with Gasteiger partial charge in [-0.25, -0.2) is 0 Å². The summed E-state index contributed by atoms with van der Waals surface area (Å²) in [5, 5.41) is 0.916. The smallest absolute Gasteiger partial charge is 0.225 e. The number of methoxy groups -OCH3 is 1. The van der Waals surface area contributed by atoms with Crippen LogP contribution in [0.25, 0.3) is 0 Å². The topological polar surface area (TPSA) is 31.4 Å². The predicted octanol–water partition coefficient (Wildman–Crippen LogP) is 3.16. The molecule has 2 heterocycles. The molecule has 1 fully saturated rings. The first-order valence-electron chi connectivity index (χ1n) is 5.05. The summed E-state index contributed by atoms with van der Waals surface area (Å²) < 4.78 is 15.2. The van der Waals surface area contributed by atoms with E-state index in [4.69, 9.17) is 9.47 Å². The van der Waals surface area contributed by atoms with Gasteiger partial charge in [-0.1, -0.05) is 15.9 Å². The van der Waals surface area contributed by atoms with Gasteiger partial charge in [-0.2, -0.15) is 4.37 Å². The van der Waals surface area contributed by atoms with Crippen LogP contribution in [0.1, 0.15) is 30.2 Å². The summed E-state index contributed by atoms with van der Waals surface area (Å²) in [6, 6.07) is 1.98. The van der Waals surface area contributed by atoms with Gasteiger partial charge in [0.25, 0.3) is 0 Å². The quantitative estimate of drug-likeness (QED) is 0.802. The second-order valence-corrected chi connectivity index (χ2v) is 5.09. The Bertz CT molecular complexity index is 318. The summed E-state index contributed by atoms with van der Waals surface area (Å²) in [4.78, 5) is 1.18. The predicted molar refractivity (Wildman–Crippen MR) is 63.9 cm³/mol. The molecule has 2 unspecified atom stereocenters. The summed E-state index contributed by atoms with van der Waals surface area (Å²) in [6.07, 6.45) is 4.02. The van der Waals surface area contributed by atoms with Gasteiger partial charge >= 0.3 is 0 Å². The third kappa shape index (κ3) is 2.71. The number of aromatic nitrogens is 1. The van der Waals surface area contributed by atoms with E-state index in [0.29, 0.717) is 12.0 Å². The Morgan fingerprint density at radius 3 is 3.20 bits per heavy atom. The minimum absolute atomic E-state index is 0.211. The zero-order valence-corrected chi connectivity index (χ0v) is 11.0. The molecule has 84 valence electrons. The normalized spacial score (nSPS) is 26.5. The van der Waals surface area contributed by atoms with Gasteiger partial charge in [0.15, 0.2) is 0 Å². The van der Waals surface area contributed by atoms with Crippen LogP contribution < -0.4 is 4.74 Å². The highest BCUT2D eigenvalue weighted by Gasteiger charge is 2.24. The van der Waals surface area contributed by atoms with E-state index >= 15 is 0 Å². The molecule has 1 aromatic heterocycles. The van der Waals surface area contributed by atoms with Crippen molar-refractivity contribution in [3.8, 4) is 5.88 Å². The highest BCUT2D eigenvalue weighted by atomic mass is 79.9. The van der Waals surface area contributed by atoms with Crippen molar-refractivity contribution < 1.29 is 9.47 Å². The van der Waals surface area contributed by atoms with Crippen molar-refractivity contribution in [1.29, 1.82) is 0 Å². The van der Waals surface area contributed by atoms with Gasteiger partial charge in [-0.3, -0.25) is 0 Å². The first kappa shape index (κ1) is 11.4. The van der Waals surface area contributed by atoms with Crippen LogP contribution >= 0.6 is 27.5 Å². The molecular weight excluding hydrogens is 278 g/mol. The van der Waals surface area contributed by atoms with Crippen LogP contribution in [0.15, 0.2) is 6.07 Å². The number of hydrogen-bond donors (Lipinski definition) is 0. The Morgan fingerprint density at radius 1 is 1.67 bits per heavy atom. The van der Waals surface area contributed by atoms with Gasteiger partial charge in [0.2, 0.25) is 5.88 Å². The summed E-state index contributed by atoms with van der Waals surface area (Å²) in [6.45, 7) is 0. The maximum Gasteiger partial charge on any atom is 0.225 e. The fourth-order valence-corrected chi connectivity index (χ4v) is 2.99. The third-order valence-corrected chi connectivity index (χ3v) is 4.14. The first-order valence-corrected chi connectivity index (χ1v) is 6.95. The van der Waals surface area contributed by atoms with Crippen LogP contribution in [0.2, 0.25) is 0 Å². The van der Waals surface area contributed by atoms with E-state index < -0.39 is 0 Å². The fourth-order valence-electron chi connectivity index (χ4n) is 1.74. The van der Waals surface area contributed by atoms with Crippen molar-refractivity contribution in [2.24, 2.45) is 0 Å². The summed E-state index contributed by atoms with van der Waals surface area (Å²) >= 11 is 4.95. The van der Waals surface area contributed by atoms with Crippen molar-refractivity contribution in [3.05, 3.63) is 10.9 Å². The molecule has 3 nitrogen and oxygen atoms in total. The molecule has 1 aliphatic rings. The molecule has 0 spiro atoms. The van der Waals surface area contributed by atoms with E-state index in [1.807, 2.05) is 6.07 Å². The van der Waals surface area contributed by atoms with Crippen LogP contribution in [0, 0.1) is 0 Å². The highest BCUT2D eigenvalue weighted by Crippen LogP contribution is 2.35. The molecule has 0 aliphatic carbocycles. The molecule has 1 aliphatic heterocycles. The molecular formula is C10H14BrNO2S. The van der Waals surface area contributed by atoms with E-state index in [1.165, 1.54) is 22.8 Å². The molecule has 0 bridgehead atoms. The van der Waals surface area contributed by atoms with Gasteiger partial charge in [0.1, 0.15) is 0 Å². The number of hydrogen-bond acceptors (Lipinski definition) is 4. The van der Waals surface area contributed by atoms with Crippen molar-refractivity contribution in [2.75, 3.05) is 12.4 Å². The molecule has 0 saturated carbocycles. The van der Waals surface area contributed by atoms with E-state index in [9.17, 15) is 0 Å². The minimum atomic E-state index is 0.211. The number of alkyl halides is 1. The zero-order valence-electron chi connectivity index (χ0n) is 8.61.